The highest BCUT2D eigenvalue weighted by Gasteiger charge is 2.23. The molecule has 1 unspecified atom stereocenters. The molecule has 4 heterocycles. The molecule has 5 rings (SSSR count). The SMILES string of the molecule is CCc1cnc(N2CCN(c3ncc(-c4ccc(-n5cnn(CC(O)CO)c5=O)c(F)c4)cc3C#N)CC2)nc1. The number of nitriles is 1. The number of halogens is 1. The molecule has 0 radical (unpaired) electrons. The van der Waals surface area contributed by atoms with Crippen LogP contribution in [0.1, 0.15) is 18.1 Å². The van der Waals surface area contributed by atoms with E-state index in [2.05, 4.69) is 37.9 Å². The van der Waals surface area contributed by atoms with Crippen molar-refractivity contribution in [3.63, 3.8) is 0 Å². The van der Waals surface area contributed by atoms with Crippen LogP contribution < -0.4 is 15.5 Å². The van der Waals surface area contributed by atoms with Crippen molar-refractivity contribution in [2.75, 3.05) is 42.6 Å². The standard InChI is InChI=1S/C27H28FN9O3/c1-2-18-12-31-26(32-13-18)35-7-5-34(6-8-35)25-20(11-29)9-21(14-30-25)19-3-4-24(23(28)10-19)36-17-33-37(27(36)40)15-22(39)16-38/h3-4,9-10,12-14,17,22,38-39H,2,5-8,15-16H2,1H3. The molecule has 1 aliphatic rings. The lowest BCUT2D eigenvalue weighted by atomic mass is 10.0. The van der Waals surface area contributed by atoms with Crippen LogP contribution in [0.4, 0.5) is 16.2 Å². The summed E-state index contributed by atoms with van der Waals surface area (Å²) in [6.45, 7) is 3.96. The number of benzene rings is 1. The maximum Gasteiger partial charge on any atom is 0.350 e. The number of aryl methyl sites for hydroxylation is 1. The van der Waals surface area contributed by atoms with E-state index < -0.39 is 24.2 Å². The number of aliphatic hydroxyl groups is 2. The monoisotopic (exact) mass is 545 g/mol. The molecule has 12 nitrogen and oxygen atoms in total. The lowest BCUT2D eigenvalue weighted by molar-refractivity contribution is 0.0772. The Balaban J connectivity index is 1.32. The van der Waals surface area contributed by atoms with Crippen LogP contribution >= 0.6 is 0 Å². The number of aliphatic hydroxyl groups excluding tert-OH is 2. The van der Waals surface area contributed by atoms with Gasteiger partial charge in [0.2, 0.25) is 5.95 Å². The lowest BCUT2D eigenvalue weighted by Gasteiger charge is -2.35. The summed E-state index contributed by atoms with van der Waals surface area (Å²) < 4.78 is 17.1. The molecule has 0 spiro atoms. The fourth-order valence-electron chi connectivity index (χ4n) is 4.53. The summed E-state index contributed by atoms with van der Waals surface area (Å²) in [6.07, 6.45) is 6.16. The number of hydrogen-bond acceptors (Lipinski definition) is 10. The molecule has 206 valence electrons. The number of pyridine rings is 1. The Morgan fingerprint density at radius 1 is 1.05 bits per heavy atom. The molecule has 0 amide bonds. The Morgan fingerprint density at radius 3 is 2.42 bits per heavy atom. The van der Waals surface area contributed by atoms with Crippen LogP contribution in [-0.2, 0) is 13.0 Å². The summed E-state index contributed by atoms with van der Waals surface area (Å²) >= 11 is 0. The highest BCUT2D eigenvalue weighted by Crippen LogP contribution is 2.28. The van der Waals surface area contributed by atoms with Gasteiger partial charge in [-0.1, -0.05) is 13.0 Å². The molecule has 1 fully saturated rings. The summed E-state index contributed by atoms with van der Waals surface area (Å²) in [5.41, 5.74) is 1.84. The van der Waals surface area contributed by atoms with Gasteiger partial charge in [-0.05, 0) is 35.7 Å². The minimum Gasteiger partial charge on any atom is -0.394 e. The quantitative estimate of drug-likeness (QED) is 0.330. The molecule has 0 saturated carbocycles. The number of anilines is 2. The first-order chi connectivity index (χ1) is 19.4. The Kier molecular flexibility index (Phi) is 7.81. The molecule has 1 atom stereocenters. The van der Waals surface area contributed by atoms with Crippen LogP contribution in [-0.4, -0.2) is 78.4 Å². The zero-order chi connectivity index (χ0) is 28.2. The van der Waals surface area contributed by atoms with Crippen molar-refractivity contribution in [2.24, 2.45) is 0 Å². The molecule has 1 saturated heterocycles. The van der Waals surface area contributed by atoms with Gasteiger partial charge < -0.3 is 20.0 Å². The van der Waals surface area contributed by atoms with Gasteiger partial charge >= 0.3 is 5.69 Å². The third-order valence-corrected chi connectivity index (χ3v) is 6.82. The Hall–Kier alpha value is -4.67. The number of hydrogen-bond donors (Lipinski definition) is 2. The molecular weight excluding hydrogens is 517 g/mol. The Bertz CT molecular complexity index is 1590. The highest BCUT2D eigenvalue weighted by molar-refractivity contribution is 5.69. The summed E-state index contributed by atoms with van der Waals surface area (Å²) in [7, 11) is 0. The van der Waals surface area contributed by atoms with E-state index in [0.29, 0.717) is 54.6 Å². The number of nitrogens with zero attached hydrogens (tertiary/aromatic N) is 9. The first-order valence-corrected chi connectivity index (χ1v) is 12.9. The second kappa shape index (κ2) is 11.6. The number of rotatable bonds is 8. The number of piperazine rings is 1. The highest BCUT2D eigenvalue weighted by atomic mass is 19.1. The predicted octanol–water partition coefficient (Wildman–Crippen LogP) is 1.14. The van der Waals surface area contributed by atoms with Gasteiger partial charge in [-0.15, -0.1) is 0 Å². The molecule has 3 aromatic heterocycles. The fraction of sp³-hybridized carbons (Fsp3) is 0.333. The van der Waals surface area contributed by atoms with E-state index in [4.69, 9.17) is 5.11 Å². The first kappa shape index (κ1) is 26.9. The van der Waals surface area contributed by atoms with Gasteiger partial charge in [0.25, 0.3) is 0 Å². The molecule has 4 aromatic rings. The number of aromatic nitrogens is 6. The van der Waals surface area contributed by atoms with Crippen LogP contribution in [0, 0.1) is 17.1 Å². The van der Waals surface area contributed by atoms with Crippen molar-refractivity contribution < 1.29 is 14.6 Å². The summed E-state index contributed by atoms with van der Waals surface area (Å²) in [4.78, 5) is 30.2. The van der Waals surface area contributed by atoms with E-state index in [9.17, 15) is 15.2 Å². The van der Waals surface area contributed by atoms with E-state index in [1.807, 2.05) is 17.3 Å². The van der Waals surface area contributed by atoms with Crippen molar-refractivity contribution in [1.29, 1.82) is 5.26 Å². The zero-order valence-electron chi connectivity index (χ0n) is 21.9. The largest absolute Gasteiger partial charge is 0.394 e. The van der Waals surface area contributed by atoms with E-state index >= 15 is 4.39 Å². The maximum atomic E-state index is 15.1. The fourth-order valence-corrected chi connectivity index (χ4v) is 4.53. The van der Waals surface area contributed by atoms with Gasteiger partial charge in [0.15, 0.2) is 0 Å². The topological polar surface area (TPSA) is 149 Å². The van der Waals surface area contributed by atoms with E-state index in [0.717, 1.165) is 27.6 Å². The zero-order valence-corrected chi connectivity index (χ0v) is 21.9. The predicted molar refractivity (Wildman–Crippen MR) is 145 cm³/mol. The average Bonchev–Trinajstić information content (AvgIpc) is 3.35. The van der Waals surface area contributed by atoms with Crippen molar-refractivity contribution in [3.05, 3.63) is 76.6 Å². The molecule has 1 aromatic carbocycles. The van der Waals surface area contributed by atoms with Crippen molar-refractivity contribution >= 4 is 11.8 Å². The maximum absolute atomic E-state index is 15.1. The minimum atomic E-state index is -1.16. The van der Waals surface area contributed by atoms with Crippen molar-refractivity contribution in [3.8, 4) is 22.9 Å². The Labute approximate surface area is 229 Å². The van der Waals surface area contributed by atoms with Crippen LogP contribution in [0.5, 0.6) is 0 Å². The van der Waals surface area contributed by atoms with Crippen LogP contribution in [0.25, 0.3) is 16.8 Å². The molecule has 13 heteroatoms. The van der Waals surface area contributed by atoms with Gasteiger partial charge in [0.05, 0.1) is 30.5 Å². The van der Waals surface area contributed by atoms with Gasteiger partial charge in [-0.25, -0.2) is 33.4 Å². The molecular formula is C27H28FN9O3. The third kappa shape index (κ3) is 5.40. The molecule has 0 bridgehead atoms. The van der Waals surface area contributed by atoms with Crippen LogP contribution in [0.2, 0.25) is 0 Å². The van der Waals surface area contributed by atoms with E-state index in [-0.39, 0.29) is 12.2 Å². The smallest absolute Gasteiger partial charge is 0.350 e. The second-order valence-electron chi connectivity index (χ2n) is 9.39. The molecule has 2 N–H and O–H groups in total. The van der Waals surface area contributed by atoms with E-state index in [1.54, 1.807) is 18.3 Å². The lowest BCUT2D eigenvalue weighted by Crippen LogP contribution is -2.47. The molecule has 1 aliphatic heterocycles. The average molecular weight is 546 g/mol. The molecule has 40 heavy (non-hydrogen) atoms. The summed E-state index contributed by atoms with van der Waals surface area (Å²) in [6, 6.07) is 8.22. The summed E-state index contributed by atoms with van der Waals surface area (Å²) in [5, 5.41) is 32.3. The normalized spacial score (nSPS) is 14.3. The van der Waals surface area contributed by atoms with Gasteiger partial charge in [-0.2, -0.15) is 10.4 Å². The van der Waals surface area contributed by atoms with Gasteiger partial charge in [-0.3, -0.25) is 0 Å². The van der Waals surface area contributed by atoms with Gasteiger partial charge in [0, 0.05) is 50.3 Å². The second-order valence-corrected chi connectivity index (χ2v) is 9.39. The first-order valence-electron chi connectivity index (χ1n) is 12.9. The minimum absolute atomic E-state index is 0.0187. The molecule has 0 aliphatic carbocycles. The van der Waals surface area contributed by atoms with Crippen molar-refractivity contribution in [1.82, 2.24) is 29.3 Å². The van der Waals surface area contributed by atoms with Crippen LogP contribution in [0.15, 0.2) is 54.0 Å². The van der Waals surface area contributed by atoms with Gasteiger partial charge in [0.1, 0.15) is 24.0 Å². The van der Waals surface area contributed by atoms with Crippen molar-refractivity contribution in [2.45, 2.75) is 26.0 Å². The summed E-state index contributed by atoms with van der Waals surface area (Å²) in [5.74, 6) is 0.576. The Morgan fingerprint density at radius 2 is 1.77 bits per heavy atom. The van der Waals surface area contributed by atoms with Crippen LogP contribution in [0.3, 0.4) is 0 Å². The van der Waals surface area contributed by atoms with E-state index in [1.165, 1.54) is 12.1 Å². The third-order valence-electron chi connectivity index (χ3n) is 6.82.